The van der Waals surface area contributed by atoms with E-state index in [1.807, 2.05) is 6.92 Å². The lowest BCUT2D eigenvalue weighted by Crippen LogP contribution is -2.41. The van der Waals surface area contributed by atoms with Gasteiger partial charge in [0.1, 0.15) is 18.7 Å². The van der Waals surface area contributed by atoms with Crippen LogP contribution < -0.4 is 16.6 Å². The molecule has 0 aromatic carbocycles. The number of aliphatic imine (C=N–C) groups is 1. The van der Waals surface area contributed by atoms with Crippen molar-refractivity contribution in [2.45, 2.75) is 13.5 Å². The number of H-pyrrole nitrogens is 1. The van der Waals surface area contributed by atoms with Crippen LogP contribution in [-0.4, -0.2) is 27.7 Å². The van der Waals surface area contributed by atoms with Crippen molar-refractivity contribution in [3.63, 3.8) is 0 Å². The summed E-state index contributed by atoms with van der Waals surface area (Å²) < 4.78 is 0. The van der Waals surface area contributed by atoms with Gasteiger partial charge < -0.3 is 5.32 Å². The quantitative estimate of drug-likeness (QED) is 0.202. The molecule has 0 unspecified atom stereocenters. The largest absolute Gasteiger partial charge is 0.356 e. The smallest absolute Gasteiger partial charge is 0.206 e. The fourth-order valence-electron chi connectivity index (χ4n) is 0.781. The Morgan fingerprint density at radius 1 is 1.77 bits per heavy atom. The molecule has 0 bridgehead atoms. The Morgan fingerprint density at radius 2 is 2.62 bits per heavy atom. The first-order chi connectivity index (χ1) is 6.36. The number of nitrogens with two attached hydrogens (primary N) is 1. The first-order valence-electron chi connectivity index (χ1n) is 3.96. The van der Waals surface area contributed by atoms with Crippen LogP contribution in [0.4, 0.5) is 0 Å². The minimum atomic E-state index is 0.423. The number of hydrogen-bond donors (Lipinski definition) is 4. The zero-order chi connectivity index (χ0) is 9.52. The summed E-state index contributed by atoms with van der Waals surface area (Å²) in [5, 5.41) is 9.34. The van der Waals surface area contributed by atoms with Gasteiger partial charge in [-0.15, -0.1) is 0 Å². The maximum Gasteiger partial charge on any atom is 0.206 e. The summed E-state index contributed by atoms with van der Waals surface area (Å²) in [6, 6.07) is 0. The molecule has 0 saturated heterocycles. The average molecular weight is 183 g/mol. The third-order valence-electron chi connectivity index (χ3n) is 1.33. The lowest BCUT2D eigenvalue weighted by molar-refractivity contribution is 0.833. The molecule has 1 aromatic heterocycles. The van der Waals surface area contributed by atoms with Crippen LogP contribution in [0.1, 0.15) is 12.7 Å². The third kappa shape index (κ3) is 3.08. The van der Waals surface area contributed by atoms with E-state index in [4.69, 9.17) is 5.84 Å². The number of hydrogen-bond acceptors (Lipinski definition) is 4. The first kappa shape index (κ1) is 9.46. The molecule has 7 heteroatoms. The van der Waals surface area contributed by atoms with Crippen molar-refractivity contribution in [1.82, 2.24) is 25.9 Å². The maximum atomic E-state index is 5.21. The molecule has 1 rings (SSSR count). The van der Waals surface area contributed by atoms with Crippen LogP contribution in [0.25, 0.3) is 0 Å². The zero-order valence-electron chi connectivity index (χ0n) is 7.41. The number of nitrogens with one attached hydrogen (secondary N) is 3. The average Bonchev–Trinajstić information content (AvgIpc) is 2.64. The molecular formula is C6H13N7. The van der Waals surface area contributed by atoms with Gasteiger partial charge in [-0.25, -0.2) is 15.8 Å². The lowest BCUT2D eigenvalue weighted by Gasteiger charge is -2.04. The van der Waals surface area contributed by atoms with Crippen molar-refractivity contribution in [2.24, 2.45) is 10.8 Å². The number of aromatic amines is 1. The molecule has 0 spiro atoms. The van der Waals surface area contributed by atoms with Gasteiger partial charge in [0.2, 0.25) is 5.96 Å². The number of aromatic nitrogens is 3. The molecule has 72 valence electrons. The van der Waals surface area contributed by atoms with E-state index in [9.17, 15) is 0 Å². The van der Waals surface area contributed by atoms with Gasteiger partial charge in [0, 0.05) is 6.54 Å². The summed E-state index contributed by atoms with van der Waals surface area (Å²) in [6.45, 7) is 3.15. The topological polar surface area (TPSA) is 104 Å². The molecule has 0 aliphatic carbocycles. The van der Waals surface area contributed by atoms with Gasteiger partial charge in [0.25, 0.3) is 0 Å². The standard InChI is InChI=1S/C6H13N7/c1-2-8-6(12-7)9-3-5-10-4-11-13-5/h4H,2-3,7H2,1H3,(H2,8,9,12)(H,10,11,13). The summed E-state index contributed by atoms with van der Waals surface area (Å²) in [5.74, 6) is 6.45. The second-order valence-electron chi connectivity index (χ2n) is 2.27. The minimum Gasteiger partial charge on any atom is -0.356 e. The fourth-order valence-corrected chi connectivity index (χ4v) is 0.781. The summed E-state index contributed by atoms with van der Waals surface area (Å²) in [4.78, 5) is 8.02. The summed E-state index contributed by atoms with van der Waals surface area (Å²) in [7, 11) is 0. The Bertz CT molecular complexity index is 252. The van der Waals surface area contributed by atoms with Crippen LogP contribution in [-0.2, 0) is 6.54 Å². The minimum absolute atomic E-state index is 0.423. The molecule has 0 aliphatic heterocycles. The molecule has 0 amide bonds. The van der Waals surface area contributed by atoms with Crippen molar-refractivity contribution in [1.29, 1.82) is 0 Å². The van der Waals surface area contributed by atoms with E-state index in [1.54, 1.807) is 0 Å². The van der Waals surface area contributed by atoms with Gasteiger partial charge in [0.15, 0.2) is 0 Å². The van der Waals surface area contributed by atoms with Crippen molar-refractivity contribution >= 4 is 5.96 Å². The molecular weight excluding hydrogens is 170 g/mol. The molecule has 0 radical (unpaired) electrons. The van der Waals surface area contributed by atoms with Crippen LogP contribution in [0, 0.1) is 0 Å². The van der Waals surface area contributed by atoms with Crippen molar-refractivity contribution in [3.05, 3.63) is 12.2 Å². The number of nitrogens with zero attached hydrogens (tertiary/aromatic N) is 3. The van der Waals surface area contributed by atoms with Gasteiger partial charge >= 0.3 is 0 Å². The second-order valence-corrected chi connectivity index (χ2v) is 2.27. The highest BCUT2D eigenvalue weighted by Gasteiger charge is 1.95. The normalized spacial score (nSPS) is 11.4. The number of guanidine groups is 1. The number of hydrazine groups is 1. The summed E-state index contributed by atoms with van der Waals surface area (Å²) >= 11 is 0. The van der Waals surface area contributed by atoms with E-state index in [0.29, 0.717) is 18.3 Å². The van der Waals surface area contributed by atoms with Crippen molar-refractivity contribution in [2.75, 3.05) is 6.54 Å². The van der Waals surface area contributed by atoms with E-state index in [1.165, 1.54) is 6.33 Å². The van der Waals surface area contributed by atoms with Crippen LogP contribution >= 0.6 is 0 Å². The fraction of sp³-hybridized carbons (Fsp3) is 0.500. The van der Waals surface area contributed by atoms with Crippen molar-refractivity contribution < 1.29 is 0 Å². The molecule has 1 heterocycles. The van der Waals surface area contributed by atoms with Gasteiger partial charge in [-0.2, -0.15) is 5.10 Å². The predicted molar refractivity (Wildman–Crippen MR) is 48.5 cm³/mol. The highest BCUT2D eigenvalue weighted by Crippen LogP contribution is 1.87. The molecule has 7 nitrogen and oxygen atoms in total. The monoisotopic (exact) mass is 183 g/mol. The molecule has 5 N–H and O–H groups in total. The Kier molecular flexibility index (Phi) is 3.71. The van der Waals surface area contributed by atoms with Gasteiger partial charge in [0.05, 0.1) is 0 Å². The van der Waals surface area contributed by atoms with Crippen LogP contribution in [0.3, 0.4) is 0 Å². The molecule has 0 saturated carbocycles. The molecule has 13 heavy (non-hydrogen) atoms. The zero-order valence-corrected chi connectivity index (χ0v) is 7.41. The number of rotatable bonds is 3. The molecule has 0 aliphatic rings. The van der Waals surface area contributed by atoms with Crippen LogP contribution in [0.15, 0.2) is 11.3 Å². The van der Waals surface area contributed by atoms with Gasteiger partial charge in [-0.1, -0.05) is 0 Å². The first-order valence-corrected chi connectivity index (χ1v) is 3.96. The summed E-state index contributed by atoms with van der Waals surface area (Å²) in [5.41, 5.74) is 2.44. The molecule has 0 fully saturated rings. The van der Waals surface area contributed by atoms with E-state index < -0.39 is 0 Å². The summed E-state index contributed by atoms with van der Waals surface area (Å²) in [6.07, 6.45) is 1.44. The Balaban J connectivity index is 2.45. The molecule has 1 aromatic rings. The lowest BCUT2D eigenvalue weighted by atomic mass is 10.6. The van der Waals surface area contributed by atoms with Crippen LogP contribution in [0.5, 0.6) is 0 Å². The SMILES string of the molecule is CCNC(=NCc1ncn[nH]1)NN. The van der Waals surface area contributed by atoms with E-state index in [-0.39, 0.29) is 0 Å². The Labute approximate surface area is 75.8 Å². The van der Waals surface area contributed by atoms with Gasteiger partial charge in [-0.05, 0) is 6.92 Å². The second kappa shape index (κ2) is 5.09. The highest BCUT2D eigenvalue weighted by molar-refractivity contribution is 5.78. The maximum absolute atomic E-state index is 5.21. The Hall–Kier alpha value is -1.63. The van der Waals surface area contributed by atoms with E-state index in [0.717, 1.165) is 6.54 Å². The van der Waals surface area contributed by atoms with E-state index in [2.05, 4.69) is 30.9 Å². The van der Waals surface area contributed by atoms with Crippen molar-refractivity contribution in [3.8, 4) is 0 Å². The predicted octanol–water partition coefficient (Wildman–Crippen LogP) is -1.27. The third-order valence-corrected chi connectivity index (χ3v) is 1.33. The Morgan fingerprint density at radius 3 is 3.15 bits per heavy atom. The van der Waals surface area contributed by atoms with Crippen LogP contribution in [0.2, 0.25) is 0 Å². The molecule has 0 atom stereocenters. The van der Waals surface area contributed by atoms with E-state index >= 15 is 0 Å². The highest BCUT2D eigenvalue weighted by atomic mass is 15.3. The van der Waals surface area contributed by atoms with Gasteiger partial charge in [-0.3, -0.25) is 10.5 Å².